The van der Waals surface area contributed by atoms with E-state index in [2.05, 4.69) is 4.98 Å². The number of anilines is 1. The second kappa shape index (κ2) is 8.51. The van der Waals surface area contributed by atoms with Crippen molar-refractivity contribution in [2.24, 2.45) is 0 Å². The Hall–Kier alpha value is -2.09. The van der Waals surface area contributed by atoms with Gasteiger partial charge in [0.05, 0.1) is 15.8 Å². The minimum Gasteiger partial charge on any atom is -0.309 e. The highest BCUT2D eigenvalue weighted by Gasteiger charge is 2.24. The number of hydrogen-bond acceptors (Lipinski definition) is 4. The van der Waals surface area contributed by atoms with Crippen LogP contribution in [0.2, 0.25) is 5.02 Å². The number of aromatic nitrogens is 1. The summed E-state index contributed by atoms with van der Waals surface area (Å²) in [5.74, 6) is -2.15. The molecule has 0 aliphatic rings. The van der Waals surface area contributed by atoms with Crippen LogP contribution in [-0.4, -0.2) is 43.0 Å². The summed E-state index contributed by atoms with van der Waals surface area (Å²) in [6.45, 7) is 2.98. The van der Waals surface area contributed by atoms with Crippen LogP contribution in [0.3, 0.4) is 0 Å². The van der Waals surface area contributed by atoms with Crippen LogP contribution >= 0.6 is 22.9 Å². The number of rotatable bonds is 6. The van der Waals surface area contributed by atoms with E-state index in [9.17, 15) is 13.6 Å². The molecule has 0 aliphatic carbocycles. The van der Waals surface area contributed by atoms with Gasteiger partial charge in [-0.3, -0.25) is 9.69 Å². The second-order valence-electron chi connectivity index (χ2n) is 6.75. The lowest BCUT2D eigenvalue weighted by molar-refractivity contribution is 0.0982. The molecule has 1 amide bonds. The topological polar surface area (TPSA) is 36.4 Å². The Balaban J connectivity index is 2.01. The first kappa shape index (κ1) is 20.6. The summed E-state index contributed by atoms with van der Waals surface area (Å²) >= 11 is 7.53. The largest absolute Gasteiger partial charge is 0.309 e. The molecule has 3 rings (SSSR count). The number of thiazole rings is 1. The van der Waals surface area contributed by atoms with E-state index in [4.69, 9.17) is 11.6 Å². The van der Waals surface area contributed by atoms with Gasteiger partial charge in [0, 0.05) is 17.6 Å². The van der Waals surface area contributed by atoms with Crippen LogP contribution in [0.25, 0.3) is 10.2 Å². The summed E-state index contributed by atoms with van der Waals surface area (Å²) in [5.41, 5.74) is 1.37. The molecule has 0 atom stereocenters. The lowest BCUT2D eigenvalue weighted by atomic mass is 10.1. The van der Waals surface area contributed by atoms with Gasteiger partial charge >= 0.3 is 0 Å². The van der Waals surface area contributed by atoms with Crippen molar-refractivity contribution in [1.82, 2.24) is 9.88 Å². The van der Waals surface area contributed by atoms with E-state index in [-0.39, 0.29) is 5.56 Å². The molecule has 4 nitrogen and oxygen atoms in total. The first-order valence-corrected chi connectivity index (χ1v) is 9.94. The van der Waals surface area contributed by atoms with E-state index in [1.54, 1.807) is 6.07 Å². The number of halogens is 3. The van der Waals surface area contributed by atoms with Crippen molar-refractivity contribution in [1.29, 1.82) is 0 Å². The second-order valence-corrected chi connectivity index (χ2v) is 8.17. The summed E-state index contributed by atoms with van der Waals surface area (Å²) < 4.78 is 28.4. The molecule has 0 bridgehead atoms. The third-order valence-corrected chi connectivity index (χ3v) is 5.81. The average molecular weight is 424 g/mol. The van der Waals surface area contributed by atoms with Crippen LogP contribution in [-0.2, 0) is 0 Å². The number of aryl methyl sites for hydroxylation is 1. The molecule has 1 aromatic heterocycles. The number of hydrogen-bond donors (Lipinski definition) is 0. The van der Waals surface area contributed by atoms with Gasteiger partial charge < -0.3 is 4.90 Å². The average Bonchev–Trinajstić information content (AvgIpc) is 3.06. The van der Waals surface area contributed by atoms with Crippen molar-refractivity contribution in [2.45, 2.75) is 13.3 Å². The standard InChI is InChI=1S/C20H20ClF2N3OS/c1-12-15(21)7-8-17-18(12)24-20(28-17)26(10-4-9-25(2)3)19(27)14-6-5-13(22)11-16(14)23/h5-8,11H,4,9-10H2,1-3H3. The summed E-state index contributed by atoms with van der Waals surface area (Å²) in [6.07, 6.45) is 0.678. The molecule has 0 spiro atoms. The van der Waals surface area contributed by atoms with E-state index in [0.29, 0.717) is 29.2 Å². The van der Waals surface area contributed by atoms with E-state index in [1.165, 1.54) is 22.3 Å². The lowest BCUT2D eigenvalue weighted by Gasteiger charge is -2.21. The maximum atomic E-state index is 14.2. The van der Waals surface area contributed by atoms with Crippen LogP contribution in [0.15, 0.2) is 30.3 Å². The fourth-order valence-electron chi connectivity index (χ4n) is 2.84. The molecule has 0 saturated carbocycles. The zero-order chi connectivity index (χ0) is 20.4. The smallest absolute Gasteiger partial charge is 0.263 e. The fourth-order valence-corrected chi connectivity index (χ4v) is 4.04. The Morgan fingerprint density at radius 1 is 1.18 bits per heavy atom. The number of amides is 1. The van der Waals surface area contributed by atoms with Crippen LogP contribution in [0, 0.1) is 18.6 Å². The molecule has 148 valence electrons. The van der Waals surface area contributed by atoms with Gasteiger partial charge in [0.15, 0.2) is 5.13 Å². The highest BCUT2D eigenvalue weighted by atomic mass is 35.5. The number of benzene rings is 2. The fraction of sp³-hybridized carbons (Fsp3) is 0.300. The van der Waals surface area contributed by atoms with Crippen molar-refractivity contribution >= 4 is 44.2 Å². The Kier molecular flexibility index (Phi) is 6.27. The molecule has 0 unspecified atom stereocenters. The monoisotopic (exact) mass is 423 g/mol. The molecule has 1 heterocycles. The molecule has 0 radical (unpaired) electrons. The molecular weight excluding hydrogens is 404 g/mol. The predicted molar refractivity (Wildman–Crippen MR) is 111 cm³/mol. The van der Waals surface area contributed by atoms with Crippen molar-refractivity contribution < 1.29 is 13.6 Å². The SMILES string of the molecule is Cc1c(Cl)ccc2sc(N(CCCN(C)C)C(=O)c3ccc(F)cc3F)nc12. The van der Waals surface area contributed by atoms with Crippen molar-refractivity contribution in [3.63, 3.8) is 0 Å². The first-order chi connectivity index (χ1) is 13.3. The minimum absolute atomic E-state index is 0.180. The summed E-state index contributed by atoms with van der Waals surface area (Å²) in [5, 5.41) is 1.06. The van der Waals surface area contributed by atoms with E-state index in [1.807, 2.05) is 32.0 Å². The van der Waals surface area contributed by atoms with Gasteiger partial charge in [0.1, 0.15) is 11.6 Å². The van der Waals surface area contributed by atoms with Gasteiger partial charge in [-0.1, -0.05) is 22.9 Å². The van der Waals surface area contributed by atoms with E-state index >= 15 is 0 Å². The van der Waals surface area contributed by atoms with Crippen LogP contribution in [0.5, 0.6) is 0 Å². The van der Waals surface area contributed by atoms with Crippen LogP contribution in [0.4, 0.5) is 13.9 Å². The maximum absolute atomic E-state index is 14.2. The van der Waals surface area contributed by atoms with Gasteiger partial charge in [-0.05, 0) is 63.8 Å². The molecular formula is C20H20ClF2N3OS. The normalized spacial score (nSPS) is 11.4. The summed E-state index contributed by atoms with van der Waals surface area (Å²) in [4.78, 5) is 21.1. The molecule has 0 fully saturated rings. The van der Waals surface area contributed by atoms with Crippen molar-refractivity contribution in [2.75, 3.05) is 32.1 Å². The molecule has 3 aromatic rings. The number of carbonyl (C=O) groups excluding carboxylic acids is 1. The molecule has 0 saturated heterocycles. The van der Waals surface area contributed by atoms with Gasteiger partial charge in [0.2, 0.25) is 0 Å². The lowest BCUT2D eigenvalue weighted by Crippen LogP contribution is -2.34. The van der Waals surface area contributed by atoms with Crippen LogP contribution < -0.4 is 4.90 Å². The zero-order valence-electron chi connectivity index (χ0n) is 15.8. The van der Waals surface area contributed by atoms with Gasteiger partial charge in [0.25, 0.3) is 5.91 Å². The van der Waals surface area contributed by atoms with E-state index < -0.39 is 17.5 Å². The summed E-state index contributed by atoms with van der Waals surface area (Å²) in [7, 11) is 3.88. The highest BCUT2D eigenvalue weighted by Crippen LogP contribution is 2.34. The maximum Gasteiger partial charge on any atom is 0.263 e. The quantitative estimate of drug-likeness (QED) is 0.551. The predicted octanol–water partition coefficient (Wildman–Crippen LogP) is 5.13. The first-order valence-electron chi connectivity index (χ1n) is 8.75. The number of carbonyl (C=O) groups is 1. The summed E-state index contributed by atoms with van der Waals surface area (Å²) in [6, 6.07) is 6.61. The Bertz CT molecular complexity index is 1020. The molecule has 0 aliphatic heterocycles. The number of nitrogens with zero attached hydrogens (tertiary/aromatic N) is 3. The highest BCUT2D eigenvalue weighted by molar-refractivity contribution is 7.22. The van der Waals surface area contributed by atoms with E-state index in [0.717, 1.165) is 28.4 Å². The molecule has 0 N–H and O–H groups in total. The minimum atomic E-state index is -0.886. The third kappa shape index (κ3) is 4.32. The Morgan fingerprint density at radius 2 is 1.93 bits per heavy atom. The molecule has 2 aromatic carbocycles. The molecule has 8 heteroatoms. The van der Waals surface area contributed by atoms with Crippen LogP contribution in [0.1, 0.15) is 22.3 Å². The third-order valence-electron chi connectivity index (χ3n) is 4.36. The Morgan fingerprint density at radius 3 is 2.61 bits per heavy atom. The van der Waals surface area contributed by atoms with Gasteiger partial charge in [-0.2, -0.15) is 0 Å². The molecule has 28 heavy (non-hydrogen) atoms. The van der Waals surface area contributed by atoms with Gasteiger partial charge in [-0.15, -0.1) is 0 Å². The van der Waals surface area contributed by atoms with Crippen molar-refractivity contribution in [3.05, 3.63) is 58.1 Å². The Labute approximate surface area is 171 Å². The number of fused-ring (bicyclic) bond motifs is 1. The van der Waals surface area contributed by atoms with Crippen molar-refractivity contribution in [3.8, 4) is 0 Å². The van der Waals surface area contributed by atoms with Gasteiger partial charge in [-0.25, -0.2) is 13.8 Å². The zero-order valence-corrected chi connectivity index (χ0v) is 17.4.